The van der Waals surface area contributed by atoms with Crippen LogP contribution < -0.4 is 20.7 Å². The summed E-state index contributed by atoms with van der Waals surface area (Å²) >= 11 is 0. The zero-order valence-corrected chi connectivity index (χ0v) is 19.4. The lowest BCUT2D eigenvalue weighted by molar-refractivity contribution is 0.166. The maximum Gasteiger partial charge on any atom is 0.191 e. The first-order chi connectivity index (χ1) is 15.7. The molecule has 1 unspecified atom stereocenters. The second-order valence-corrected chi connectivity index (χ2v) is 8.05. The topological polar surface area (TPSA) is 76.1 Å². The van der Waals surface area contributed by atoms with Crippen LogP contribution in [-0.2, 0) is 22.6 Å². The Bertz CT molecular complexity index is 849. The third-order valence-corrected chi connectivity index (χ3v) is 5.44. The summed E-state index contributed by atoms with van der Waals surface area (Å²) < 4.78 is 16.7. The molecule has 0 radical (unpaired) electrons. The summed E-state index contributed by atoms with van der Waals surface area (Å²) in [6, 6.07) is 14.7. The molecule has 174 valence electrons. The summed E-state index contributed by atoms with van der Waals surface area (Å²) in [5.74, 6) is 2.16. The highest BCUT2D eigenvalue weighted by atomic mass is 16.5. The van der Waals surface area contributed by atoms with E-state index in [0.717, 1.165) is 49.1 Å². The second kappa shape index (κ2) is 12.9. The Balaban J connectivity index is 1.48. The highest BCUT2D eigenvalue weighted by molar-refractivity contribution is 5.79. The summed E-state index contributed by atoms with van der Waals surface area (Å²) in [7, 11) is 3.49. The molecular formula is C25H36N4O3. The van der Waals surface area contributed by atoms with E-state index in [1.165, 1.54) is 11.1 Å². The molecule has 7 heteroatoms. The number of aryl methyl sites for hydroxylation is 1. The maximum absolute atomic E-state index is 6.15. The molecule has 1 saturated heterocycles. The molecule has 0 amide bonds. The maximum atomic E-state index is 6.15. The van der Waals surface area contributed by atoms with Gasteiger partial charge in [0.15, 0.2) is 5.96 Å². The molecule has 2 aromatic carbocycles. The van der Waals surface area contributed by atoms with Crippen molar-refractivity contribution in [1.82, 2.24) is 10.6 Å². The molecule has 3 N–H and O–H groups in total. The molecule has 1 atom stereocenters. The molecule has 32 heavy (non-hydrogen) atoms. The number of benzene rings is 2. The first kappa shape index (κ1) is 23.9. The molecule has 3 rings (SSSR count). The van der Waals surface area contributed by atoms with Gasteiger partial charge in [-0.15, -0.1) is 0 Å². The van der Waals surface area contributed by atoms with Crippen molar-refractivity contribution in [3.05, 3.63) is 59.2 Å². The number of guanidine groups is 1. The molecule has 0 saturated carbocycles. The van der Waals surface area contributed by atoms with Gasteiger partial charge in [0.2, 0.25) is 0 Å². The first-order valence-corrected chi connectivity index (χ1v) is 11.2. The van der Waals surface area contributed by atoms with Gasteiger partial charge >= 0.3 is 0 Å². The molecular weight excluding hydrogens is 404 g/mol. The summed E-state index contributed by atoms with van der Waals surface area (Å²) in [6.45, 7) is 7.22. The summed E-state index contributed by atoms with van der Waals surface area (Å²) in [6.07, 6.45) is 1.07. The number of methoxy groups -OCH3 is 1. The fourth-order valence-electron chi connectivity index (χ4n) is 3.49. The number of rotatable bonds is 11. The van der Waals surface area contributed by atoms with Crippen LogP contribution in [0.4, 0.5) is 5.69 Å². The Morgan fingerprint density at radius 1 is 1.12 bits per heavy atom. The van der Waals surface area contributed by atoms with Crippen LogP contribution in [0.2, 0.25) is 0 Å². The summed E-state index contributed by atoms with van der Waals surface area (Å²) in [5.41, 5.74) is 4.57. The van der Waals surface area contributed by atoms with Crippen LogP contribution in [0.15, 0.2) is 47.5 Å². The Hall–Kier alpha value is -2.77. The number of nitrogens with zero attached hydrogens (tertiary/aromatic N) is 1. The highest BCUT2D eigenvalue weighted by Crippen LogP contribution is 2.22. The number of hydrogen-bond donors (Lipinski definition) is 3. The predicted molar refractivity (Wildman–Crippen MR) is 129 cm³/mol. The predicted octanol–water partition coefficient (Wildman–Crippen LogP) is 3.33. The molecule has 1 aliphatic heterocycles. The van der Waals surface area contributed by atoms with Crippen LogP contribution in [-0.4, -0.2) is 53.1 Å². The van der Waals surface area contributed by atoms with Gasteiger partial charge in [-0.05, 0) is 42.7 Å². The van der Waals surface area contributed by atoms with E-state index in [-0.39, 0.29) is 0 Å². The monoisotopic (exact) mass is 440 g/mol. The van der Waals surface area contributed by atoms with Gasteiger partial charge in [-0.25, -0.2) is 0 Å². The van der Waals surface area contributed by atoms with E-state index < -0.39 is 0 Å². The van der Waals surface area contributed by atoms with Crippen molar-refractivity contribution in [2.75, 3.05) is 52.4 Å². The largest absolute Gasteiger partial charge is 0.493 e. The Morgan fingerprint density at radius 3 is 2.66 bits per heavy atom. The van der Waals surface area contributed by atoms with Crippen molar-refractivity contribution in [2.45, 2.75) is 26.4 Å². The van der Waals surface area contributed by atoms with Gasteiger partial charge in [-0.2, -0.15) is 0 Å². The van der Waals surface area contributed by atoms with Crippen LogP contribution in [0.5, 0.6) is 5.75 Å². The standard InChI is InChI=1S/C25H36N4O3/c1-19-4-7-22(24(14-19)32-18-21-10-12-31-17-21)16-29-25(26-2)28-15-20-5-8-23(9-6-20)27-11-13-30-3/h4-9,14,21,27H,10-13,15-18H2,1-3H3,(H2,26,28,29). The van der Waals surface area contributed by atoms with Gasteiger partial charge in [0, 0.05) is 57.6 Å². The van der Waals surface area contributed by atoms with Crippen molar-refractivity contribution in [2.24, 2.45) is 10.9 Å². The van der Waals surface area contributed by atoms with Crippen LogP contribution in [0.3, 0.4) is 0 Å². The Morgan fingerprint density at radius 2 is 1.94 bits per heavy atom. The summed E-state index contributed by atoms with van der Waals surface area (Å²) in [4.78, 5) is 4.35. The molecule has 0 bridgehead atoms. The lowest BCUT2D eigenvalue weighted by atomic mass is 10.1. The molecule has 1 heterocycles. The van der Waals surface area contributed by atoms with Crippen molar-refractivity contribution in [1.29, 1.82) is 0 Å². The molecule has 1 fully saturated rings. The molecule has 0 spiro atoms. The lowest BCUT2D eigenvalue weighted by Crippen LogP contribution is -2.36. The van der Waals surface area contributed by atoms with E-state index in [1.54, 1.807) is 14.2 Å². The van der Waals surface area contributed by atoms with Crippen LogP contribution in [0.1, 0.15) is 23.1 Å². The van der Waals surface area contributed by atoms with Crippen molar-refractivity contribution < 1.29 is 14.2 Å². The number of hydrogen-bond acceptors (Lipinski definition) is 5. The molecule has 0 aromatic heterocycles. The lowest BCUT2D eigenvalue weighted by Gasteiger charge is -2.17. The van der Waals surface area contributed by atoms with Crippen LogP contribution in [0, 0.1) is 12.8 Å². The number of aliphatic imine (C=N–C) groups is 1. The second-order valence-electron chi connectivity index (χ2n) is 8.05. The molecule has 1 aliphatic rings. The fraction of sp³-hybridized carbons (Fsp3) is 0.480. The number of nitrogens with one attached hydrogen (secondary N) is 3. The van der Waals surface area contributed by atoms with Gasteiger partial charge in [-0.1, -0.05) is 24.3 Å². The Labute approximate surface area is 191 Å². The average molecular weight is 441 g/mol. The van der Waals surface area contributed by atoms with E-state index in [2.05, 4.69) is 70.3 Å². The minimum absolute atomic E-state index is 0.479. The number of anilines is 1. The van der Waals surface area contributed by atoms with E-state index in [0.29, 0.717) is 32.2 Å². The van der Waals surface area contributed by atoms with Crippen LogP contribution >= 0.6 is 0 Å². The van der Waals surface area contributed by atoms with Crippen LogP contribution in [0.25, 0.3) is 0 Å². The smallest absolute Gasteiger partial charge is 0.191 e. The van der Waals surface area contributed by atoms with Gasteiger partial charge in [0.05, 0.1) is 19.8 Å². The average Bonchev–Trinajstić information content (AvgIpc) is 3.33. The Kier molecular flexibility index (Phi) is 9.65. The molecule has 0 aliphatic carbocycles. The summed E-state index contributed by atoms with van der Waals surface area (Å²) in [5, 5.41) is 10.1. The van der Waals surface area contributed by atoms with Crippen molar-refractivity contribution in [3.8, 4) is 5.75 Å². The SMILES string of the molecule is CN=C(NCc1ccc(NCCOC)cc1)NCc1ccc(C)cc1OCC1CCOC1. The first-order valence-electron chi connectivity index (χ1n) is 11.2. The third-order valence-electron chi connectivity index (χ3n) is 5.44. The van der Waals surface area contributed by atoms with E-state index >= 15 is 0 Å². The zero-order valence-electron chi connectivity index (χ0n) is 19.4. The quantitative estimate of drug-likeness (QED) is 0.283. The van der Waals surface area contributed by atoms with Gasteiger partial charge < -0.3 is 30.2 Å². The zero-order chi connectivity index (χ0) is 22.6. The van der Waals surface area contributed by atoms with E-state index in [1.807, 2.05) is 0 Å². The third kappa shape index (κ3) is 7.73. The van der Waals surface area contributed by atoms with Crippen molar-refractivity contribution in [3.63, 3.8) is 0 Å². The normalized spacial score (nSPS) is 16.1. The van der Waals surface area contributed by atoms with Gasteiger partial charge in [0.25, 0.3) is 0 Å². The highest BCUT2D eigenvalue weighted by Gasteiger charge is 2.17. The van der Waals surface area contributed by atoms with Gasteiger partial charge in [0.1, 0.15) is 5.75 Å². The fourth-order valence-corrected chi connectivity index (χ4v) is 3.49. The minimum Gasteiger partial charge on any atom is -0.493 e. The van der Waals surface area contributed by atoms with E-state index in [9.17, 15) is 0 Å². The molecule has 7 nitrogen and oxygen atoms in total. The number of ether oxygens (including phenoxy) is 3. The van der Waals surface area contributed by atoms with Gasteiger partial charge in [-0.3, -0.25) is 4.99 Å². The molecule has 2 aromatic rings. The van der Waals surface area contributed by atoms with Crippen molar-refractivity contribution >= 4 is 11.6 Å². The minimum atomic E-state index is 0.479. The van der Waals surface area contributed by atoms with E-state index in [4.69, 9.17) is 14.2 Å².